The first-order chi connectivity index (χ1) is 6.74. The van der Waals surface area contributed by atoms with Crippen molar-refractivity contribution in [3.8, 4) is 0 Å². The van der Waals surface area contributed by atoms with E-state index in [0.29, 0.717) is 0 Å². The van der Waals surface area contributed by atoms with Gasteiger partial charge in [0.25, 0.3) is 0 Å². The maximum atomic E-state index is 11.7. The molecule has 0 bridgehead atoms. The van der Waals surface area contributed by atoms with E-state index in [9.17, 15) is 9.90 Å². The van der Waals surface area contributed by atoms with Gasteiger partial charge in [-0.2, -0.15) is 0 Å². The molecular weight excluding hydrogens is 180 g/mol. The van der Waals surface area contributed by atoms with Crippen molar-refractivity contribution >= 4 is 5.91 Å². The van der Waals surface area contributed by atoms with Gasteiger partial charge in [-0.05, 0) is 19.3 Å². The van der Waals surface area contributed by atoms with Crippen LogP contribution in [0.4, 0.5) is 0 Å². The highest BCUT2D eigenvalue weighted by molar-refractivity contribution is 5.84. The lowest BCUT2D eigenvalue weighted by molar-refractivity contribution is -0.131. The van der Waals surface area contributed by atoms with Crippen molar-refractivity contribution in [1.29, 1.82) is 0 Å². The molecular formula is C10H18N2O2. The molecule has 14 heavy (non-hydrogen) atoms. The summed E-state index contributed by atoms with van der Waals surface area (Å²) in [6.45, 7) is 0.977. The van der Waals surface area contributed by atoms with Crippen LogP contribution in [-0.2, 0) is 4.79 Å². The predicted molar refractivity (Wildman–Crippen MR) is 52.5 cm³/mol. The van der Waals surface area contributed by atoms with Gasteiger partial charge >= 0.3 is 0 Å². The molecule has 0 aromatic carbocycles. The minimum Gasteiger partial charge on any atom is -0.396 e. The zero-order valence-corrected chi connectivity index (χ0v) is 8.35. The molecule has 0 spiro atoms. The summed E-state index contributed by atoms with van der Waals surface area (Å²) in [6.07, 6.45) is 3.96. The maximum absolute atomic E-state index is 11.7. The minimum atomic E-state index is -0.296. The number of rotatable bonds is 2. The van der Waals surface area contributed by atoms with Crippen molar-refractivity contribution in [2.45, 2.75) is 37.8 Å². The highest BCUT2D eigenvalue weighted by atomic mass is 16.3. The number of likely N-dealkylation sites (tertiary alicyclic amines) is 1. The molecule has 2 rings (SSSR count). The molecule has 2 aliphatic rings. The monoisotopic (exact) mass is 198 g/mol. The van der Waals surface area contributed by atoms with Crippen LogP contribution in [0.15, 0.2) is 0 Å². The fourth-order valence-electron chi connectivity index (χ4n) is 2.69. The van der Waals surface area contributed by atoms with E-state index >= 15 is 0 Å². The highest BCUT2D eigenvalue weighted by Crippen LogP contribution is 2.31. The Balaban J connectivity index is 2.04. The molecule has 2 fully saturated rings. The third-order valence-corrected chi connectivity index (χ3v) is 3.54. The molecule has 0 aromatic heterocycles. The van der Waals surface area contributed by atoms with E-state index in [1.54, 1.807) is 0 Å². The molecule has 4 nitrogen and oxygen atoms in total. The van der Waals surface area contributed by atoms with Gasteiger partial charge in [-0.3, -0.25) is 4.79 Å². The summed E-state index contributed by atoms with van der Waals surface area (Å²) in [5.74, 6) is 0.361. The summed E-state index contributed by atoms with van der Waals surface area (Å²) >= 11 is 0. The van der Waals surface area contributed by atoms with Gasteiger partial charge in [0.05, 0.1) is 6.04 Å². The SMILES string of the molecule is NC1CCN(C2CCCC2CO)C1=O. The summed E-state index contributed by atoms with van der Waals surface area (Å²) in [4.78, 5) is 13.6. The van der Waals surface area contributed by atoms with E-state index in [4.69, 9.17) is 5.73 Å². The van der Waals surface area contributed by atoms with Crippen molar-refractivity contribution in [1.82, 2.24) is 4.90 Å². The first-order valence-electron chi connectivity index (χ1n) is 5.41. The molecule has 1 aliphatic carbocycles. The zero-order chi connectivity index (χ0) is 10.1. The molecule has 3 N–H and O–H groups in total. The van der Waals surface area contributed by atoms with Gasteiger partial charge in [-0.1, -0.05) is 6.42 Å². The van der Waals surface area contributed by atoms with Crippen LogP contribution in [0, 0.1) is 5.92 Å². The number of carbonyl (C=O) groups excluding carboxylic acids is 1. The summed E-state index contributed by atoms with van der Waals surface area (Å²) in [6, 6.07) is -0.0454. The van der Waals surface area contributed by atoms with Gasteiger partial charge in [0.1, 0.15) is 0 Å². The van der Waals surface area contributed by atoms with E-state index in [0.717, 1.165) is 32.2 Å². The average Bonchev–Trinajstić information content (AvgIpc) is 2.75. The smallest absolute Gasteiger partial charge is 0.239 e. The van der Waals surface area contributed by atoms with Crippen molar-refractivity contribution in [2.75, 3.05) is 13.2 Å². The Labute approximate surface area is 84.1 Å². The molecule has 4 heteroatoms. The van der Waals surface area contributed by atoms with Crippen LogP contribution in [0.25, 0.3) is 0 Å². The third-order valence-electron chi connectivity index (χ3n) is 3.54. The van der Waals surface area contributed by atoms with Crippen molar-refractivity contribution in [3.05, 3.63) is 0 Å². The lowest BCUT2D eigenvalue weighted by Gasteiger charge is -2.28. The molecule has 1 heterocycles. The molecule has 1 saturated heterocycles. The van der Waals surface area contributed by atoms with Crippen LogP contribution in [0.1, 0.15) is 25.7 Å². The molecule has 3 atom stereocenters. The number of amides is 1. The molecule has 80 valence electrons. The standard InChI is InChI=1S/C10H18N2O2/c11-8-4-5-12(10(8)14)9-3-1-2-7(9)6-13/h7-9,13H,1-6,11H2. The van der Waals surface area contributed by atoms with Gasteiger partial charge < -0.3 is 15.7 Å². The van der Waals surface area contributed by atoms with Crippen molar-refractivity contribution in [2.24, 2.45) is 11.7 Å². The number of hydrogen-bond donors (Lipinski definition) is 2. The van der Waals surface area contributed by atoms with E-state index < -0.39 is 0 Å². The second-order valence-corrected chi connectivity index (χ2v) is 4.37. The van der Waals surface area contributed by atoms with Crippen molar-refractivity contribution in [3.63, 3.8) is 0 Å². The number of carbonyl (C=O) groups is 1. The van der Waals surface area contributed by atoms with Crippen LogP contribution in [0.5, 0.6) is 0 Å². The van der Waals surface area contributed by atoms with Gasteiger partial charge in [0, 0.05) is 25.1 Å². The van der Waals surface area contributed by atoms with Gasteiger partial charge in [0.2, 0.25) is 5.91 Å². The lowest BCUT2D eigenvalue weighted by atomic mass is 10.0. The first-order valence-corrected chi connectivity index (χ1v) is 5.41. The second-order valence-electron chi connectivity index (χ2n) is 4.37. The van der Waals surface area contributed by atoms with Gasteiger partial charge in [-0.15, -0.1) is 0 Å². The molecule has 1 aliphatic heterocycles. The van der Waals surface area contributed by atoms with E-state index in [1.807, 2.05) is 4.90 Å². The Kier molecular flexibility index (Phi) is 2.74. The summed E-state index contributed by atoms with van der Waals surface area (Å²) in [5, 5.41) is 9.18. The summed E-state index contributed by atoms with van der Waals surface area (Å²) in [5.41, 5.74) is 5.67. The van der Waals surface area contributed by atoms with Crippen LogP contribution < -0.4 is 5.73 Å². The van der Waals surface area contributed by atoms with E-state index in [1.165, 1.54) is 0 Å². The van der Waals surface area contributed by atoms with Crippen LogP contribution >= 0.6 is 0 Å². The zero-order valence-electron chi connectivity index (χ0n) is 8.35. The van der Waals surface area contributed by atoms with Crippen molar-refractivity contribution < 1.29 is 9.90 Å². The normalized spacial score (nSPS) is 38.3. The summed E-state index contributed by atoms with van der Waals surface area (Å²) in [7, 11) is 0. The summed E-state index contributed by atoms with van der Waals surface area (Å²) < 4.78 is 0. The predicted octanol–water partition coefficient (Wildman–Crippen LogP) is -0.293. The molecule has 1 saturated carbocycles. The van der Waals surface area contributed by atoms with Gasteiger partial charge in [0.15, 0.2) is 0 Å². The first kappa shape index (κ1) is 9.93. The fraction of sp³-hybridized carbons (Fsp3) is 0.900. The lowest BCUT2D eigenvalue weighted by Crippen LogP contribution is -2.43. The number of nitrogens with zero attached hydrogens (tertiary/aromatic N) is 1. The quantitative estimate of drug-likeness (QED) is 0.640. The van der Waals surface area contributed by atoms with E-state index in [-0.39, 0.29) is 30.5 Å². The molecule has 0 radical (unpaired) electrons. The largest absolute Gasteiger partial charge is 0.396 e. The second kappa shape index (κ2) is 3.87. The van der Waals surface area contributed by atoms with Crippen LogP contribution in [0.2, 0.25) is 0 Å². The van der Waals surface area contributed by atoms with E-state index in [2.05, 4.69) is 0 Å². The Morgan fingerprint density at radius 1 is 1.43 bits per heavy atom. The highest BCUT2D eigenvalue weighted by Gasteiger charge is 2.39. The number of aliphatic hydroxyl groups is 1. The topological polar surface area (TPSA) is 66.6 Å². The third kappa shape index (κ3) is 1.53. The average molecular weight is 198 g/mol. The Bertz CT molecular complexity index is 232. The number of aliphatic hydroxyl groups excluding tert-OH is 1. The Morgan fingerprint density at radius 2 is 2.21 bits per heavy atom. The number of hydrogen-bond acceptors (Lipinski definition) is 3. The van der Waals surface area contributed by atoms with Crippen LogP contribution in [-0.4, -0.2) is 41.1 Å². The maximum Gasteiger partial charge on any atom is 0.239 e. The Morgan fingerprint density at radius 3 is 2.79 bits per heavy atom. The molecule has 1 amide bonds. The minimum absolute atomic E-state index is 0.0790. The Hall–Kier alpha value is -0.610. The van der Waals surface area contributed by atoms with Gasteiger partial charge in [-0.25, -0.2) is 0 Å². The van der Waals surface area contributed by atoms with Crippen LogP contribution in [0.3, 0.4) is 0 Å². The molecule has 3 unspecified atom stereocenters. The molecule has 0 aromatic rings. The number of nitrogens with two attached hydrogens (primary N) is 1. The fourth-order valence-corrected chi connectivity index (χ4v) is 2.69.